The smallest absolute Gasteiger partial charge is 0.0496 e. The van der Waals surface area contributed by atoms with Crippen molar-refractivity contribution in [1.29, 1.82) is 0 Å². The van der Waals surface area contributed by atoms with E-state index in [1.807, 2.05) is 0 Å². The summed E-state index contributed by atoms with van der Waals surface area (Å²) in [6, 6.07) is 0.704. The minimum absolute atomic E-state index is 0.0661. The predicted molar refractivity (Wildman–Crippen MR) is 73.2 cm³/mol. The summed E-state index contributed by atoms with van der Waals surface area (Å²) in [4.78, 5) is 4.99. The van der Waals surface area contributed by atoms with E-state index >= 15 is 0 Å². The topological polar surface area (TPSA) is 26.7 Å². The van der Waals surface area contributed by atoms with Crippen molar-refractivity contribution >= 4 is 0 Å². The molecule has 1 fully saturated rings. The van der Waals surface area contributed by atoms with Crippen molar-refractivity contribution in [3.8, 4) is 0 Å². The van der Waals surface area contributed by atoms with Crippen LogP contribution in [-0.2, 0) is 0 Å². The molecule has 1 saturated heterocycles. The molecule has 3 heteroatoms. The maximum Gasteiger partial charge on any atom is 0.0496 e. The molecule has 1 aliphatic heterocycles. The van der Waals surface area contributed by atoms with Gasteiger partial charge >= 0.3 is 0 Å². The molecule has 102 valence electrons. The molecule has 0 aromatic heterocycles. The summed E-state index contributed by atoms with van der Waals surface area (Å²) >= 11 is 0. The fourth-order valence-electron chi connectivity index (χ4n) is 2.68. The monoisotopic (exact) mass is 242 g/mol. The van der Waals surface area contributed by atoms with E-state index in [9.17, 15) is 5.11 Å². The average molecular weight is 242 g/mol. The number of likely N-dealkylation sites (tertiary alicyclic amines) is 1. The number of nitrogens with zero attached hydrogens (tertiary/aromatic N) is 2. The Morgan fingerprint density at radius 1 is 1.29 bits per heavy atom. The third-order valence-electron chi connectivity index (χ3n) is 4.49. The molecule has 1 aliphatic rings. The van der Waals surface area contributed by atoms with Gasteiger partial charge in [0, 0.05) is 24.6 Å². The van der Waals surface area contributed by atoms with Crippen LogP contribution in [-0.4, -0.2) is 60.8 Å². The third-order valence-corrected chi connectivity index (χ3v) is 4.49. The maximum absolute atomic E-state index is 9.48. The summed E-state index contributed by atoms with van der Waals surface area (Å²) in [5, 5.41) is 9.48. The van der Waals surface area contributed by atoms with Crippen LogP contribution >= 0.6 is 0 Å². The zero-order valence-corrected chi connectivity index (χ0v) is 12.1. The van der Waals surface area contributed by atoms with Gasteiger partial charge in [-0.15, -0.1) is 0 Å². The van der Waals surface area contributed by atoms with Gasteiger partial charge in [0.05, 0.1) is 0 Å². The first kappa shape index (κ1) is 14.9. The Morgan fingerprint density at radius 3 is 2.29 bits per heavy atom. The Balaban J connectivity index is 2.41. The third kappa shape index (κ3) is 4.23. The highest BCUT2D eigenvalue weighted by Gasteiger charge is 2.28. The lowest BCUT2D eigenvalue weighted by Crippen LogP contribution is -2.47. The Hall–Kier alpha value is -0.120. The van der Waals surface area contributed by atoms with Gasteiger partial charge in [0.15, 0.2) is 0 Å². The predicted octanol–water partition coefficient (Wildman–Crippen LogP) is 1.81. The van der Waals surface area contributed by atoms with Crippen LogP contribution in [0.25, 0.3) is 0 Å². The molecule has 3 nitrogen and oxygen atoms in total. The van der Waals surface area contributed by atoms with Crippen LogP contribution in [0.2, 0.25) is 0 Å². The first-order valence-electron chi connectivity index (χ1n) is 7.08. The van der Waals surface area contributed by atoms with Gasteiger partial charge in [0.2, 0.25) is 0 Å². The van der Waals surface area contributed by atoms with Gasteiger partial charge in [-0.05, 0) is 45.9 Å². The van der Waals surface area contributed by atoms with E-state index in [4.69, 9.17) is 0 Å². The zero-order valence-electron chi connectivity index (χ0n) is 12.1. The quantitative estimate of drug-likeness (QED) is 0.769. The second-order valence-corrected chi connectivity index (χ2v) is 5.90. The highest BCUT2D eigenvalue weighted by atomic mass is 16.3. The van der Waals surface area contributed by atoms with Crippen LogP contribution in [0.1, 0.15) is 40.0 Å². The summed E-state index contributed by atoms with van der Waals surface area (Å²) < 4.78 is 0. The molecular formula is C14H30N2O. The van der Waals surface area contributed by atoms with Crippen molar-refractivity contribution in [3.63, 3.8) is 0 Å². The second-order valence-electron chi connectivity index (χ2n) is 5.90. The average Bonchev–Trinajstić information content (AvgIpc) is 2.38. The molecule has 1 N–H and O–H groups in total. The molecule has 1 heterocycles. The van der Waals surface area contributed by atoms with Crippen LogP contribution < -0.4 is 0 Å². The van der Waals surface area contributed by atoms with Gasteiger partial charge in [-0.1, -0.05) is 20.8 Å². The summed E-state index contributed by atoms with van der Waals surface area (Å²) in [7, 11) is 2.22. The van der Waals surface area contributed by atoms with E-state index in [1.165, 1.54) is 32.5 Å². The lowest BCUT2D eigenvalue weighted by atomic mass is 9.87. The molecule has 17 heavy (non-hydrogen) atoms. The molecule has 0 aliphatic carbocycles. The van der Waals surface area contributed by atoms with Crippen molar-refractivity contribution in [3.05, 3.63) is 0 Å². The lowest BCUT2D eigenvalue weighted by Gasteiger charge is -2.40. The standard InChI is InChI=1S/C14H30N2O/c1-5-14(3,12-17)11-15(4)13-7-9-16(6-2)10-8-13/h13,17H,5-12H2,1-4H3. The van der Waals surface area contributed by atoms with Crippen molar-refractivity contribution in [1.82, 2.24) is 9.80 Å². The molecule has 0 aromatic carbocycles. The first-order chi connectivity index (χ1) is 8.04. The number of hydrogen-bond acceptors (Lipinski definition) is 3. The van der Waals surface area contributed by atoms with E-state index in [2.05, 4.69) is 37.6 Å². The molecule has 0 amide bonds. The fraction of sp³-hybridized carbons (Fsp3) is 1.00. The molecule has 0 radical (unpaired) electrons. The van der Waals surface area contributed by atoms with E-state index in [-0.39, 0.29) is 5.41 Å². The number of aliphatic hydroxyl groups excluding tert-OH is 1. The van der Waals surface area contributed by atoms with E-state index in [0.29, 0.717) is 12.6 Å². The van der Waals surface area contributed by atoms with E-state index in [0.717, 1.165) is 13.0 Å². The van der Waals surface area contributed by atoms with Crippen LogP contribution in [0.15, 0.2) is 0 Å². The number of piperidine rings is 1. The molecule has 1 unspecified atom stereocenters. The van der Waals surface area contributed by atoms with Crippen molar-refractivity contribution in [2.75, 3.05) is 39.8 Å². The van der Waals surface area contributed by atoms with Gasteiger partial charge < -0.3 is 14.9 Å². The Kier molecular flexibility index (Phi) is 5.90. The van der Waals surface area contributed by atoms with Gasteiger partial charge in [-0.25, -0.2) is 0 Å². The van der Waals surface area contributed by atoms with Crippen LogP contribution in [0.4, 0.5) is 0 Å². The molecule has 1 rings (SSSR count). The minimum atomic E-state index is 0.0661. The van der Waals surface area contributed by atoms with Gasteiger partial charge in [0.25, 0.3) is 0 Å². The normalized spacial score (nSPS) is 22.9. The minimum Gasteiger partial charge on any atom is -0.396 e. The lowest BCUT2D eigenvalue weighted by molar-refractivity contribution is 0.0563. The fourth-order valence-corrected chi connectivity index (χ4v) is 2.68. The second kappa shape index (κ2) is 6.72. The molecule has 0 spiro atoms. The molecule has 0 bridgehead atoms. The van der Waals surface area contributed by atoms with Gasteiger partial charge in [0.1, 0.15) is 0 Å². The van der Waals surface area contributed by atoms with Crippen molar-refractivity contribution < 1.29 is 5.11 Å². The Bertz CT molecular complexity index is 208. The van der Waals surface area contributed by atoms with Crippen molar-refractivity contribution in [2.24, 2.45) is 5.41 Å². The SMILES string of the molecule is CCN1CCC(N(C)CC(C)(CC)CO)CC1. The van der Waals surface area contributed by atoms with Crippen LogP contribution in [0.5, 0.6) is 0 Å². The summed E-state index contributed by atoms with van der Waals surface area (Å²) in [5.74, 6) is 0. The van der Waals surface area contributed by atoms with E-state index < -0.39 is 0 Å². The van der Waals surface area contributed by atoms with Crippen LogP contribution in [0, 0.1) is 5.41 Å². The van der Waals surface area contributed by atoms with Crippen molar-refractivity contribution in [2.45, 2.75) is 46.1 Å². The molecule has 0 aromatic rings. The number of rotatable bonds is 6. The largest absolute Gasteiger partial charge is 0.396 e. The summed E-state index contributed by atoms with van der Waals surface area (Å²) in [5.41, 5.74) is 0.0661. The first-order valence-corrected chi connectivity index (χ1v) is 7.08. The zero-order chi connectivity index (χ0) is 12.9. The highest BCUT2D eigenvalue weighted by Crippen LogP contribution is 2.24. The molecular weight excluding hydrogens is 212 g/mol. The summed E-state index contributed by atoms with van der Waals surface area (Å²) in [6.07, 6.45) is 3.59. The molecule has 0 saturated carbocycles. The highest BCUT2D eigenvalue weighted by molar-refractivity contribution is 4.82. The van der Waals surface area contributed by atoms with Gasteiger partial charge in [-0.3, -0.25) is 0 Å². The van der Waals surface area contributed by atoms with Crippen LogP contribution in [0.3, 0.4) is 0 Å². The Morgan fingerprint density at radius 2 is 1.88 bits per heavy atom. The van der Waals surface area contributed by atoms with Gasteiger partial charge in [-0.2, -0.15) is 0 Å². The van der Waals surface area contributed by atoms with E-state index in [1.54, 1.807) is 0 Å². The maximum atomic E-state index is 9.48. The molecule has 1 atom stereocenters. The number of hydrogen-bond donors (Lipinski definition) is 1. The Labute approximate surface area is 107 Å². The summed E-state index contributed by atoms with van der Waals surface area (Å²) in [6.45, 7) is 11.5. The number of aliphatic hydroxyl groups is 1.